The fourth-order valence-corrected chi connectivity index (χ4v) is 3.77. The molecule has 2 amide bonds. The number of carbonyl (C=O) groups is 2. The maximum Gasteiger partial charge on any atom is 0.234 e. The number of hydrogen-bond acceptors (Lipinski definition) is 3. The first-order chi connectivity index (χ1) is 12.6. The first-order valence-corrected chi connectivity index (χ1v) is 10.1. The molecule has 0 unspecified atom stereocenters. The van der Waals surface area contributed by atoms with E-state index in [0.29, 0.717) is 18.7 Å². The highest BCUT2D eigenvalue weighted by atomic mass is 32.2. The van der Waals surface area contributed by atoms with E-state index in [1.807, 2.05) is 29.2 Å². The van der Waals surface area contributed by atoms with Crippen LogP contribution in [0.3, 0.4) is 0 Å². The topological polar surface area (TPSA) is 49.4 Å². The molecule has 2 aromatic carbocycles. The SMILES string of the molecule is Cc1ccc(CSCC(=O)Nc2cccc(CN3CCCC3=O)c2)cc1. The minimum atomic E-state index is -0.00323. The van der Waals surface area contributed by atoms with Crippen molar-refractivity contribution in [3.8, 4) is 0 Å². The van der Waals surface area contributed by atoms with E-state index < -0.39 is 0 Å². The van der Waals surface area contributed by atoms with Gasteiger partial charge in [0, 0.05) is 31.0 Å². The molecule has 1 N–H and O–H groups in total. The predicted molar refractivity (Wildman–Crippen MR) is 107 cm³/mol. The lowest BCUT2D eigenvalue weighted by Gasteiger charge is -2.16. The van der Waals surface area contributed by atoms with Gasteiger partial charge in [-0.25, -0.2) is 0 Å². The van der Waals surface area contributed by atoms with Crippen molar-refractivity contribution >= 4 is 29.3 Å². The molecule has 0 atom stereocenters. The number of thioether (sulfide) groups is 1. The van der Waals surface area contributed by atoms with Crippen LogP contribution in [0.4, 0.5) is 5.69 Å². The number of rotatable bonds is 7. The van der Waals surface area contributed by atoms with Gasteiger partial charge in [-0.05, 0) is 36.6 Å². The van der Waals surface area contributed by atoms with Crippen LogP contribution in [0.25, 0.3) is 0 Å². The van der Waals surface area contributed by atoms with Gasteiger partial charge in [-0.1, -0.05) is 42.0 Å². The molecule has 0 aromatic heterocycles. The molecule has 0 radical (unpaired) electrons. The summed E-state index contributed by atoms with van der Waals surface area (Å²) < 4.78 is 0. The molecule has 0 aliphatic carbocycles. The Morgan fingerprint density at radius 1 is 1.15 bits per heavy atom. The first kappa shape index (κ1) is 18.5. The molecule has 136 valence electrons. The Bertz CT molecular complexity index is 774. The smallest absolute Gasteiger partial charge is 0.234 e. The van der Waals surface area contributed by atoms with E-state index in [1.165, 1.54) is 11.1 Å². The summed E-state index contributed by atoms with van der Waals surface area (Å²) in [5.41, 5.74) is 4.30. The van der Waals surface area contributed by atoms with E-state index in [4.69, 9.17) is 0 Å². The lowest BCUT2D eigenvalue weighted by molar-refractivity contribution is -0.128. The second-order valence-corrected chi connectivity index (χ2v) is 7.63. The van der Waals surface area contributed by atoms with E-state index in [-0.39, 0.29) is 11.8 Å². The maximum absolute atomic E-state index is 12.2. The Morgan fingerprint density at radius 3 is 2.69 bits per heavy atom. The average molecular weight is 369 g/mol. The zero-order valence-corrected chi connectivity index (χ0v) is 15.8. The highest BCUT2D eigenvalue weighted by Crippen LogP contribution is 2.18. The monoisotopic (exact) mass is 368 g/mol. The van der Waals surface area contributed by atoms with Crippen LogP contribution in [0.5, 0.6) is 0 Å². The van der Waals surface area contributed by atoms with Crippen LogP contribution < -0.4 is 5.32 Å². The quantitative estimate of drug-likeness (QED) is 0.804. The molecule has 1 fully saturated rings. The van der Waals surface area contributed by atoms with Gasteiger partial charge in [-0.15, -0.1) is 11.8 Å². The van der Waals surface area contributed by atoms with Crippen molar-refractivity contribution in [2.45, 2.75) is 32.1 Å². The number of anilines is 1. The van der Waals surface area contributed by atoms with E-state index in [9.17, 15) is 9.59 Å². The minimum absolute atomic E-state index is 0.00323. The van der Waals surface area contributed by atoms with E-state index in [1.54, 1.807) is 11.8 Å². The molecule has 1 aliphatic heterocycles. The van der Waals surface area contributed by atoms with E-state index in [2.05, 4.69) is 36.5 Å². The molecule has 1 saturated heterocycles. The third-order valence-electron chi connectivity index (χ3n) is 4.38. The highest BCUT2D eigenvalue weighted by molar-refractivity contribution is 7.99. The van der Waals surface area contributed by atoms with Crippen molar-refractivity contribution in [3.05, 3.63) is 65.2 Å². The maximum atomic E-state index is 12.2. The molecular formula is C21H24N2O2S. The van der Waals surface area contributed by atoms with Gasteiger partial charge in [-0.3, -0.25) is 9.59 Å². The van der Waals surface area contributed by atoms with E-state index in [0.717, 1.165) is 30.0 Å². The molecule has 2 aromatic rings. The van der Waals surface area contributed by atoms with Crippen LogP contribution in [0.2, 0.25) is 0 Å². The summed E-state index contributed by atoms with van der Waals surface area (Å²) >= 11 is 1.61. The van der Waals surface area contributed by atoms with Crippen molar-refractivity contribution in [3.63, 3.8) is 0 Å². The molecule has 4 nitrogen and oxygen atoms in total. The molecule has 5 heteroatoms. The normalized spacial score (nSPS) is 13.9. The largest absolute Gasteiger partial charge is 0.338 e. The van der Waals surface area contributed by atoms with Gasteiger partial charge in [0.05, 0.1) is 5.75 Å². The van der Waals surface area contributed by atoms with E-state index >= 15 is 0 Å². The third-order valence-corrected chi connectivity index (χ3v) is 5.38. The van der Waals surface area contributed by atoms with Crippen molar-refractivity contribution in [1.82, 2.24) is 4.90 Å². The Kier molecular flexibility index (Phi) is 6.34. The summed E-state index contributed by atoms with van der Waals surface area (Å²) in [4.78, 5) is 25.8. The molecule has 26 heavy (non-hydrogen) atoms. The molecule has 3 rings (SSSR count). The highest BCUT2D eigenvalue weighted by Gasteiger charge is 2.20. The van der Waals surface area contributed by atoms with Crippen LogP contribution in [0.15, 0.2) is 48.5 Å². The van der Waals surface area contributed by atoms with Crippen LogP contribution in [0, 0.1) is 6.92 Å². The number of hydrogen-bond donors (Lipinski definition) is 1. The number of carbonyl (C=O) groups excluding carboxylic acids is 2. The molecule has 0 saturated carbocycles. The van der Waals surface area contributed by atoms with Gasteiger partial charge in [0.1, 0.15) is 0 Å². The fraction of sp³-hybridized carbons (Fsp3) is 0.333. The van der Waals surface area contributed by atoms with Crippen molar-refractivity contribution in [1.29, 1.82) is 0 Å². The summed E-state index contributed by atoms with van der Waals surface area (Å²) in [6.07, 6.45) is 1.59. The Morgan fingerprint density at radius 2 is 1.96 bits per heavy atom. The van der Waals surface area contributed by atoms with Crippen LogP contribution >= 0.6 is 11.8 Å². The lowest BCUT2D eigenvalue weighted by atomic mass is 10.2. The number of nitrogens with zero attached hydrogens (tertiary/aromatic N) is 1. The van der Waals surface area contributed by atoms with Gasteiger partial charge >= 0.3 is 0 Å². The number of likely N-dealkylation sites (tertiary alicyclic amines) is 1. The van der Waals surface area contributed by atoms with Crippen LogP contribution in [-0.2, 0) is 21.9 Å². The Labute approximate surface area is 159 Å². The molecule has 0 bridgehead atoms. The number of amides is 2. The van der Waals surface area contributed by atoms with Gasteiger partial charge in [0.2, 0.25) is 11.8 Å². The third kappa shape index (κ3) is 5.36. The molecule has 1 aliphatic rings. The van der Waals surface area contributed by atoms with Crippen molar-refractivity contribution in [2.75, 3.05) is 17.6 Å². The Balaban J connectivity index is 1.47. The zero-order valence-electron chi connectivity index (χ0n) is 15.0. The summed E-state index contributed by atoms with van der Waals surface area (Å²) in [6, 6.07) is 16.1. The first-order valence-electron chi connectivity index (χ1n) is 8.90. The summed E-state index contributed by atoms with van der Waals surface area (Å²) in [5.74, 6) is 1.46. The van der Waals surface area contributed by atoms with Crippen molar-refractivity contribution in [2.24, 2.45) is 0 Å². The second-order valence-electron chi connectivity index (χ2n) is 6.65. The number of aryl methyl sites for hydroxylation is 1. The standard InChI is InChI=1S/C21H24N2O2S/c1-16-7-9-17(10-8-16)14-26-15-20(24)22-19-5-2-4-18(12-19)13-23-11-3-6-21(23)25/h2,4-5,7-10,12H,3,6,11,13-15H2,1H3,(H,22,24). The van der Waals surface area contributed by atoms with Gasteiger partial charge in [0.25, 0.3) is 0 Å². The summed E-state index contributed by atoms with van der Waals surface area (Å²) in [6.45, 7) is 3.51. The molecule has 1 heterocycles. The summed E-state index contributed by atoms with van der Waals surface area (Å²) in [7, 11) is 0. The lowest BCUT2D eigenvalue weighted by Crippen LogP contribution is -2.23. The molecule has 0 spiro atoms. The molecular weight excluding hydrogens is 344 g/mol. The van der Waals surface area contributed by atoms with Gasteiger partial charge in [-0.2, -0.15) is 0 Å². The van der Waals surface area contributed by atoms with Gasteiger partial charge < -0.3 is 10.2 Å². The Hall–Kier alpha value is -2.27. The number of benzene rings is 2. The average Bonchev–Trinajstić information content (AvgIpc) is 3.02. The van der Waals surface area contributed by atoms with Crippen molar-refractivity contribution < 1.29 is 9.59 Å². The number of nitrogens with one attached hydrogen (secondary N) is 1. The fourth-order valence-electron chi connectivity index (χ4n) is 2.98. The minimum Gasteiger partial charge on any atom is -0.338 e. The summed E-state index contributed by atoms with van der Waals surface area (Å²) in [5, 5.41) is 2.95. The second kappa shape index (κ2) is 8.90. The van der Waals surface area contributed by atoms with Crippen LogP contribution in [-0.4, -0.2) is 29.0 Å². The predicted octanol–water partition coefficient (Wildman–Crippen LogP) is 3.99. The van der Waals surface area contributed by atoms with Crippen LogP contribution in [0.1, 0.15) is 29.5 Å². The zero-order chi connectivity index (χ0) is 18.4. The van der Waals surface area contributed by atoms with Gasteiger partial charge in [0.15, 0.2) is 0 Å².